The Morgan fingerprint density at radius 3 is 2.35 bits per heavy atom. The van der Waals surface area contributed by atoms with E-state index in [-0.39, 0.29) is 6.42 Å². The Morgan fingerprint density at radius 2 is 2.05 bits per heavy atom. The standard InChI is InChI=1S/C8H14O3.C8H12O/c1-3-8(4-2,5-6-9)7(10)11;1-9-7-8-5-3-2-4-6-8/h6H,3-5H2,1-2H3,(H,10,11);3,5-6H,2,4,7H2,1H3. The Kier molecular flexibility index (Phi) is 9.64. The van der Waals surface area contributed by atoms with E-state index in [1.54, 1.807) is 21.0 Å². The van der Waals surface area contributed by atoms with Crippen LogP contribution in [0.25, 0.3) is 0 Å². The van der Waals surface area contributed by atoms with Crippen molar-refractivity contribution < 1.29 is 19.4 Å². The zero-order valence-corrected chi connectivity index (χ0v) is 12.7. The first kappa shape index (κ1) is 18.6. The molecule has 1 N–H and O–H groups in total. The number of methoxy groups -OCH3 is 1. The number of carboxylic acid groups (broad SMARTS) is 1. The van der Waals surface area contributed by atoms with Gasteiger partial charge in [0.15, 0.2) is 0 Å². The topological polar surface area (TPSA) is 63.6 Å². The molecule has 0 aromatic rings. The number of carbonyl (C=O) groups excluding carboxylic acids is 1. The predicted molar refractivity (Wildman–Crippen MR) is 79.7 cm³/mol. The molecule has 1 rings (SSSR count). The molecule has 4 heteroatoms. The lowest BCUT2D eigenvalue weighted by Crippen LogP contribution is -2.29. The van der Waals surface area contributed by atoms with Crippen molar-refractivity contribution in [1.82, 2.24) is 0 Å². The molecule has 0 unspecified atom stereocenters. The molecule has 0 saturated carbocycles. The van der Waals surface area contributed by atoms with Crippen LogP contribution in [0.2, 0.25) is 0 Å². The van der Waals surface area contributed by atoms with Crippen LogP contribution in [0.15, 0.2) is 23.8 Å². The van der Waals surface area contributed by atoms with Crippen LogP contribution >= 0.6 is 0 Å². The molecule has 0 saturated heterocycles. The van der Waals surface area contributed by atoms with E-state index >= 15 is 0 Å². The van der Waals surface area contributed by atoms with Gasteiger partial charge in [-0.3, -0.25) is 4.79 Å². The molecule has 114 valence electrons. The van der Waals surface area contributed by atoms with Crippen molar-refractivity contribution in [2.45, 2.75) is 46.0 Å². The molecule has 4 nitrogen and oxygen atoms in total. The van der Waals surface area contributed by atoms with Crippen LogP contribution in [0.3, 0.4) is 0 Å². The van der Waals surface area contributed by atoms with Gasteiger partial charge in [0.2, 0.25) is 0 Å². The van der Waals surface area contributed by atoms with Crippen LogP contribution in [-0.2, 0) is 14.3 Å². The summed E-state index contributed by atoms with van der Waals surface area (Å²) in [6, 6.07) is 0. The molecular formula is C16H26O4. The van der Waals surface area contributed by atoms with Crippen LogP contribution < -0.4 is 0 Å². The summed E-state index contributed by atoms with van der Waals surface area (Å²) in [5, 5.41) is 8.80. The highest BCUT2D eigenvalue weighted by molar-refractivity contribution is 5.77. The fourth-order valence-electron chi connectivity index (χ4n) is 2.03. The smallest absolute Gasteiger partial charge is 0.310 e. The third-order valence-corrected chi connectivity index (χ3v) is 3.66. The molecule has 0 bridgehead atoms. The minimum Gasteiger partial charge on any atom is -0.481 e. The summed E-state index contributed by atoms with van der Waals surface area (Å²) in [6.07, 6.45) is 10.7. The maximum atomic E-state index is 10.7. The summed E-state index contributed by atoms with van der Waals surface area (Å²) in [5.41, 5.74) is 0.491. The van der Waals surface area contributed by atoms with Crippen molar-refractivity contribution in [3.05, 3.63) is 23.8 Å². The first-order chi connectivity index (χ1) is 9.56. The highest BCUT2D eigenvalue weighted by Gasteiger charge is 2.33. The van der Waals surface area contributed by atoms with Gasteiger partial charge < -0.3 is 14.6 Å². The number of rotatable bonds is 7. The molecule has 0 aromatic heterocycles. The number of carboxylic acids is 1. The molecule has 0 aliphatic heterocycles. The summed E-state index contributed by atoms with van der Waals surface area (Å²) in [7, 11) is 1.73. The molecule has 0 aromatic carbocycles. The molecular weight excluding hydrogens is 256 g/mol. The minimum atomic E-state index is -0.866. The summed E-state index contributed by atoms with van der Waals surface area (Å²) >= 11 is 0. The van der Waals surface area contributed by atoms with Crippen LogP contribution in [0.1, 0.15) is 46.0 Å². The second-order valence-corrected chi connectivity index (χ2v) is 4.86. The Labute approximate surface area is 121 Å². The summed E-state index contributed by atoms with van der Waals surface area (Å²) in [4.78, 5) is 20.9. The Bertz CT molecular complexity index is 351. The van der Waals surface area contributed by atoms with E-state index in [0.29, 0.717) is 19.1 Å². The highest BCUT2D eigenvalue weighted by atomic mass is 16.5. The molecule has 0 radical (unpaired) electrons. The number of ether oxygens (including phenoxy) is 1. The van der Waals surface area contributed by atoms with E-state index in [9.17, 15) is 9.59 Å². The summed E-state index contributed by atoms with van der Waals surface area (Å²) in [6.45, 7) is 4.35. The van der Waals surface area contributed by atoms with Crippen LogP contribution in [0, 0.1) is 5.41 Å². The van der Waals surface area contributed by atoms with E-state index in [4.69, 9.17) is 9.84 Å². The van der Waals surface area contributed by atoms with Gasteiger partial charge in [0.05, 0.1) is 12.0 Å². The largest absolute Gasteiger partial charge is 0.481 e. The van der Waals surface area contributed by atoms with Gasteiger partial charge in [-0.2, -0.15) is 0 Å². The molecule has 1 aliphatic carbocycles. The van der Waals surface area contributed by atoms with Crippen LogP contribution in [0.5, 0.6) is 0 Å². The molecule has 20 heavy (non-hydrogen) atoms. The van der Waals surface area contributed by atoms with Crippen LogP contribution in [0.4, 0.5) is 0 Å². The first-order valence-corrected chi connectivity index (χ1v) is 7.07. The minimum absolute atomic E-state index is 0.120. The SMILES string of the molecule is CCC(CC)(CC=O)C(=O)O.COCC1=CCCC=C1. The lowest BCUT2D eigenvalue weighted by Gasteiger charge is -2.23. The van der Waals surface area contributed by atoms with E-state index in [0.717, 1.165) is 6.61 Å². The van der Waals surface area contributed by atoms with E-state index in [2.05, 4.69) is 18.2 Å². The van der Waals surface area contributed by atoms with Crippen molar-refractivity contribution in [3.8, 4) is 0 Å². The molecule has 0 heterocycles. The van der Waals surface area contributed by atoms with Gasteiger partial charge in [0.25, 0.3) is 0 Å². The van der Waals surface area contributed by atoms with Crippen molar-refractivity contribution in [3.63, 3.8) is 0 Å². The number of aldehydes is 1. The quantitative estimate of drug-likeness (QED) is 0.727. The van der Waals surface area contributed by atoms with Gasteiger partial charge in [-0.05, 0) is 31.3 Å². The Hall–Kier alpha value is -1.42. The van der Waals surface area contributed by atoms with Gasteiger partial charge in [-0.25, -0.2) is 0 Å². The number of hydrogen-bond donors (Lipinski definition) is 1. The second-order valence-electron chi connectivity index (χ2n) is 4.86. The monoisotopic (exact) mass is 282 g/mol. The maximum absolute atomic E-state index is 10.7. The van der Waals surface area contributed by atoms with E-state index in [1.807, 2.05) is 0 Å². The van der Waals surface area contributed by atoms with Crippen molar-refractivity contribution in [1.29, 1.82) is 0 Å². The third kappa shape index (κ3) is 6.15. The molecule has 1 aliphatic rings. The summed E-state index contributed by atoms with van der Waals surface area (Å²) < 4.78 is 4.96. The van der Waals surface area contributed by atoms with Gasteiger partial charge in [-0.15, -0.1) is 0 Å². The lowest BCUT2D eigenvalue weighted by atomic mass is 9.80. The number of carbonyl (C=O) groups is 2. The Balaban J connectivity index is 0.000000367. The molecule has 0 fully saturated rings. The third-order valence-electron chi connectivity index (χ3n) is 3.66. The van der Waals surface area contributed by atoms with E-state index in [1.165, 1.54) is 18.4 Å². The van der Waals surface area contributed by atoms with Gasteiger partial charge >= 0.3 is 5.97 Å². The lowest BCUT2D eigenvalue weighted by molar-refractivity contribution is -0.150. The van der Waals surface area contributed by atoms with E-state index < -0.39 is 11.4 Å². The van der Waals surface area contributed by atoms with Gasteiger partial charge in [0, 0.05) is 13.5 Å². The first-order valence-electron chi connectivity index (χ1n) is 7.07. The molecule has 0 atom stereocenters. The highest BCUT2D eigenvalue weighted by Crippen LogP contribution is 2.29. The number of allylic oxidation sites excluding steroid dienone is 2. The second kappa shape index (κ2) is 10.4. The van der Waals surface area contributed by atoms with Crippen molar-refractivity contribution in [2.75, 3.05) is 13.7 Å². The molecule has 0 spiro atoms. The Morgan fingerprint density at radius 1 is 1.40 bits per heavy atom. The van der Waals surface area contributed by atoms with Crippen molar-refractivity contribution >= 4 is 12.3 Å². The number of hydrogen-bond acceptors (Lipinski definition) is 3. The number of aliphatic carboxylic acids is 1. The van der Waals surface area contributed by atoms with Crippen molar-refractivity contribution in [2.24, 2.45) is 5.41 Å². The molecule has 0 amide bonds. The predicted octanol–water partition coefficient (Wildman–Crippen LogP) is 3.38. The average molecular weight is 282 g/mol. The fourth-order valence-corrected chi connectivity index (χ4v) is 2.03. The zero-order valence-electron chi connectivity index (χ0n) is 12.7. The van der Waals surface area contributed by atoms with Gasteiger partial charge in [-0.1, -0.05) is 32.1 Å². The normalized spacial score (nSPS) is 14.1. The van der Waals surface area contributed by atoms with Crippen LogP contribution in [-0.4, -0.2) is 31.1 Å². The van der Waals surface area contributed by atoms with Gasteiger partial charge in [0.1, 0.15) is 6.29 Å². The summed E-state index contributed by atoms with van der Waals surface area (Å²) in [5.74, 6) is -0.866. The maximum Gasteiger partial charge on any atom is 0.310 e. The average Bonchev–Trinajstić information content (AvgIpc) is 2.47. The fraction of sp³-hybridized carbons (Fsp3) is 0.625. The zero-order chi connectivity index (χ0) is 15.4.